The molecule has 0 saturated carbocycles. The van der Waals surface area contributed by atoms with E-state index in [0.29, 0.717) is 28.4 Å². The first-order valence-electron chi connectivity index (χ1n) is 8.77. The second-order valence-corrected chi connectivity index (χ2v) is 6.81. The molecule has 0 aliphatic heterocycles. The molecule has 0 bridgehead atoms. The molecule has 3 aromatic carbocycles. The molecule has 0 heterocycles. The van der Waals surface area contributed by atoms with E-state index in [9.17, 15) is 13.6 Å². The van der Waals surface area contributed by atoms with Gasteiger partial charge in [0.1, 0.15) is 11.6 Å². The van der Waals surface area contributed by atoms with E-state index >= 15 is 0 Å². The monoisotopic (exact) mass is 400 g/mol. The van der Waals surface area contributed by atoms with Crippen LogP contribution >= 0.6 is 11.6 Å². The highest BCUT2D eigenvalue weighted by atomic mass is 35.5. The maximum atomic E-state index is 13.9. The predicted octanol–water partition coefficient (Wildman–Crippen LogP) is 5.72. The molecule has 28 heavy (non-hydrogen) atoms. The number of benzene rings is 3. The molecule has 1 amide bonds. The van der Waals surface area contributed by atoms with Crippen molar-refractivity contribution in [1.82, 2.24) is 5.32 Å². The molecule has 0 unspecified atom stereocenters. The van der Waals surface area contributed by atoms with Crippen molar-refractivity contribution < 1.29 is 13.6 Å². The molecule has 0 aliphatic rings. The molecular weight excluding hydrogens is 382 g/mol. The van der Waals surface area contributed by atoms with E-state index in [1.807, 2.05) is 18.2 Å². The Balaban J connectivity index is 1.65. The first-order valence-corrected chi connectivity index (χ1v) is 9.15. The van der Waals surface area contributed by atoms with Gasteiger partial charge in [-0.15, -0.1) is 0 Å². The summed E-state index contributed by atoms with van der Waals surface area (Å²) < 4.78 is 26.9. The Bertz CT molecular complexity index is 994. The van der Waals surface area contributed by atoms with Crippen LogP contribution in [0.15, 0.2) is 66.7 Å². The van der Waals surface area contributed by atoms with E-state index in [0.717, 1.165) is 11.6 Å². The minimum atomic E-state index is -0.601. The highest BCUT2D eigenvalue weighted by Gasteiger charge is 2.12. The summed E-state index contributed by atoms with van der Waals surface area (Å²) >= 11 is 6.06. The lowest BCUT2D eigenvalue weighted by Crippen LogP contribution is -2.19. The molecule has 3 nitrogen and oxygen atoms in total. The Labute approximate surface area is 167 Å². The van der Waals surface area contributed by atoms with Gasteiger partial charge in [-0.2, -0.15) is 0 Å². The number of carbonyl (C=O) groups is 1. The van der Waals surface area contributed by atoms with Crippen LogP contribution in [0.4, 0.5) is 14.5 Å². The van der Waals surface area contributed by atoms with Crippen molar-refractivity contribution >= 4 is 23.2 Å². The quantitative estimate of drug-likeness (QED) is 0.555. The van der Waals surface area contributed by atoms with E-state index < -0.39 is 11.6 Å². The van der Waals surface area contributed by atoms with Crippen LogP contribution in [-0.2, 0) is 6.54 Å². The zero-order valence-electron chi connectivity index (χ0n) is 15.2. The van der Waals surface area contributed by atoms with Gasteiger partial charge in [0, 0.05) is 29.9 Å². The summed E-state index contributed by atoms with van der Waals surface area (Å²) in [7, 11) is 0. The van der Waals surface area contributed by atoms with Crippen LogP contribution in [0, 0.1) is 11.6 Å². The van der Waals surface area contributed by atoms with E-state index in [4.69, 9.17) is 11.6 Å². The van der Waals surface area contributed by atoms with Crippen LogP contribution in [0.1, 0.15) is 34.5 Å². The lowest BCUT2D eigenvalue weighted by atomic mass is 10.1. The number of rotatable bonds is 6. The summed E-state index contributed by atoms with van der Waals surface area (Å²) in [6, 6.07) is 17.4. The maximum Gasteiger partial charge on any atom is 0.257 e. The van der Waals surface area contributed by atoms with E-state index in [1.165, 1.54) is 12.1 Å². The molecule has 0 fully saturated rings. The number of hydrogen-bond donors (Lipinski definition) is 2. The molecule has 0 spiro atoms. The fraction of sp³-hybridized carbons (Fsp3) is 0.136. The molecule has 0 radical (unpaired) electrons. The standard InChI is InChI=1S/C22H19ClF2N2O/c1-14(18-10-9-16(24)12-21(18)25)26-13-15-5-4-6-17(11-15)27-22(28)19-7-2-3-8-20(19)23/h2-12,14,26H,13H2,1H3,(H,27,28)/t14-/m0/s1. The van der Waals surface area contributed by atoms with E-state index in [1.54, 1.807) is 37.3 Å². The minimum absolute atomic E-state index is 0.294. The number of hydrogen-bond acceptors (Lipinski definition) is 2. The van der Waals surface area contributed by atoms with Crippen molar-refractivity contribution in [2.24, 2.45) is 0 Å². The van der Waals surface area contributed by atoms with Crippen molar-refractivity contribution in [3.05, 3.63) is 100 Å². The summed E-state index contributed by atoms with van der Waals surface area (Å²) in [6.45, 7) is 2.26. The van der Waals surface area contributed by atoms with Gasteiger partial charge in [-0.05, 0) is 42.8 Å². The molecule has 3 aromatic rings. The number of halogens is 3. The highest BCUT2D eigenvalue weighted by molar-refractivity contribution is 6.34. The van der Waals surface area contributed by atoms with Gasteiger partial charge < -0.3 is 10.6 Å². The third kappa shape index (κ3) is 4.94. The SMILES string of the molecule is C[C@H](NCc1cccc(NC(=O)c2ccccc2Cl)c1)c1ccc(F)cc1F. The van der Waals surface area contributed by atoms with E-state index in [2.05, 4.69) is 10.6 Å². The summed E-state index contributed by atoms with van der Waals surface area (Å²) in [4.78, 5) is 12.4. The third-order valence-electron chi connectivity index (χ3n) is 4.34. The topological polar surface area (TPSA) is 41.1 Å². The van der Waals surface area contributed by atoms with Crippen molar-refractivity contribution in [3.63, 3.8) is 0 Å². The Morgan fingerprint density at radius 3 is 2.57 bits per heavy atom. The predicted molar refractivity (Wildman–Crippen MR) is 107 cm³/mol. The largest absolute Gasteiger partial charge is 0.322 e. The van der Waals surface area contributed by atoms with Gasteiger partial charge in [0.15, 0.2) is 0 Å². The molecule has 0 aliphatic carbocycles. The van der Waals surface area contributed by atoms with Crippen LogP contribution in [0.5, 0.6) is 0 Å². The first kappa shape index (κ1) is 20.0. The third-order valence-corrected chi connectivity index (χ3v) is 4.67. The Morgan fingerprint density at radius 2 is 1.82 bits per heavy atom. The summed E-state index contributed by atoms with van der Waals surface area (Å²) in [5, 5.41) is 6.40. The van der Waals surface area contributed by atoms with Crippen LogP contribution in [0.25, 0.3) is 0 Å². The van der Waals surface area contributed by atoms with E-state index in [-0.39, 0.29) is 11.9 Å². The van der Waals surface area contributed by atoms with Gasteiger partial charge in [-0.3, -0.25) is 4.79 Å². The molecule has 1 atom stereocenters. The molecule has 2 N–H and O–H groups in total. The fourth-order valence-corrected chi connectivity index (χ4v) is 3.06. The van der Waals surface area contributed by atoms with Crippen LogP contribution < -0.4 is 10.6 Å². The average molecular weight is 401 g/mol. The zero-order valence-corrected chi connectivity index (χ0v) is 15.9. The van der Waals surface area contributed by atoms with Gasteiger partial charge in [0.25, 0.3) is 5.91 Å². The number of amides is 1. The fourth-order valence-electron chi connectivity index (χ4n) is 2.84. The molecular formula is C22H19ClF2N2O. The van der Waals surface area contributed by atoms with Crippen LogP contribution in [-0.4, -0.2) is 5.91 Å². The highest BCUT2D eigenvalue weighted by Crippen LogP contribution is 2.20. The Hall–Kier alpha value is -2.76. The Kier molecular flexibility index (Phi) is 6.39. The zero-order chi connectivity index (χ0) is 20.1. The summed E-state index contributed by atoms with van der Waals surface area (Å²) in [5.74, 6) is -1.48. The lowest BCUT2D eigenvalue weighted by molar-refractivity contribution is 0.102. The molecule has 0 aromatic heterocycles. The van der Waals surface area contributed by atoms with Crippen molar-refractivity contribution in [1.29, 1.82) is 0 Å². The normalized spacial score (nSPS) is 11.9. The van der Waals surface area contributed by atoms with Crippen molar-refractivity contribution in [3.8, 4) is 0 Å². The van der Waals surface area contributed by atoms with Crippen molar-refractivity contribution in [2.45, 2.75) is 19.5 Å². The second-order valence-electron chi connectivity index (χ2n) is 6.40. The van der Waals surface area contributed by atoms with Gasteiger partial charge in [-0.25, -0.2) is 8.78 Å². The summed E-state index contributed by atoms with van der Waals surface area (Å²) in [6.07, 6.45) is 0. The van der Waals surface area contributed by atoms with Gasteiger partial charge in [0.05, 0.1) is 10.6 Å². The molecule has 0 saturated heterocycles. The van der Waals surface area contributed by atoms with Gasteiger partial charge >= 0.3 is 0 Å². The second kappa shape index (κ2) is 8.95. The molecule has 6 heteroatoms. The minimum Gasteiger partial charge on any atom is -0.322 e. The lowest BCUT2D eigenvalue weighted by Gasteiger charge is -2.16. The van der Waals surface area contributed by atoms with Crippen LogP contribution in [0.2, 0.25) is 5.02 Å². The first-order chi connectivity index (χ1) is 13.4. The van der Waals surface area contributed by atoms with Crippen molar-refractivity contribution in [2.75, 3.05) is 5.32 Å². The number of carbonyl (C=O) groups excluding carboxylic acids is 1. The number of nitrogens with one attached hydrogen (secondary N) is 2. The maximum absolute atomic E-state index is 13.9. The smallest absolute Gasteiger partial charge is 0.257 e. The summed E-state index contributed by atoms with van der Waals surface area (Å²) in [5.41, 5.74) is 2.33. The molecule has 144 valence electrons. The van der Waals surface area contributed by atoms with Gasteiger partial charge in [0.2, 0.25) is 0 Å². The Morgan fingerprint density at radius 1 is 1.04 bits per heavy atom. The number of anilines is 1. The van der Waals surface area contributed by atoms with Gasteiger partial charge in [-0.1, -0.05) is 41.9 Å². The molecule has 3 rings (SSSR count). The van der Waals surface area contributed by atoms with Crippen LogP contribution in [0.3, 0.4) is 0 Å². The average Bonchev–Trinajstić information content (AvgIpc) is 2.66.